The molecular weight excluding hydrogens is 294 g/mol. The fraction of sp³-hybridized carbons (Fsp3) is 0.231. The van der Waals surface area contributed by atoms with Crippen LogP contribution in [0.5, 0.6) is 0 Å². The maximum absolute atomic E-state index is 12.3. The summed E-state index contributed by atoms with van der Waals surface area (Å²) in [5.41, 5.74) is 0.496. The average molecular weight is 306 g/mol. The predicted octanol–water partition coefficient (Wildman–Crippen LogP) is 1.84. The van der Waals surface area contributed by atoms with Gasteiger partial charge in [-0.3, -0.25) is 0 Å². The van der Waals surface area contributed by atoms with E-state index in [1.54, 1.807) is 24.3 Å². The molecule has 0 aliphatic carbocycles. The third-order valence-corrected chi connectivity index (χ3v) is 3.06. The number of carbonyl (C=O) groups excluding carboxylic acids is 2. The van der Waals surface area contributed by atoms with Gasteiger partial charge in [-0.05, 0) is 18.2 Å². The van der Waals surface area contributed by atoms with Crippen LogP contribution in [-0.4, -0.2) is 42.9 Å². The summed E-state index contributed by atoms with van der Waals surface area (Å²) >= 11 is 5.93. The maximum atomic E-state index is 12.3. The van der Waals surface area contributed by atoms with Crippen molar-refractivity contribution in [2.75, 3.05) is 25.0 Å². The second kappa shape index (κ2) is 6.24. The third-order valence-electron chi connectivity index (χ3n) is 2.82. The van der Waals surface area contributed by atoms with Gasteiger partial charge >= 0.3 is 12.1 Å². The zero-order chi connectivity index (χ0) is 15.4. The second-order valence-electron chi connectivity index (χ2n) is 4.20. The highest BCUT2D eigenvalue weighted by Crippen LogP contribution is 2.24. The Morgan fingerprint density at radius 1 is 1.57 bits per heavy atom. The summed E-state index contributed by atoms with van der Waals surface area (Å²) in [6.07, 6.45) is 0. The van der Waals surface area contributed by atoms with Gasteiger partial charge in [-0.15, -0.1) is 0 Å². The van der Waals surface area contributed by atoms with Crippen LogP contribution in [0.1, 0.15) is 0 Å². The molecule has 21 heavy (non-hydrogen) atoms. The number of aliphatic imine (C=N–C) groups is 1. The molecule has 108 valence electrons. The van der Waals surface area contributed by atoms with Crippen LogP contribution in [0.15, 0.2) is 29.3 Å². The summed E-state index contributed by atoms with van der Waals surface area (Å²) in [6.45, 7) is 0.00892. The zero-order valence-electron chi connectivity index (χ0n) is 11.2. The van der Waals surface area contributed by atoms with Crippen molar-refractivity contribution in [3.05, 3.63) is 29.3 Å². The Balaban J connectivity index is 2.42. The number of hydrogen-bond donors (Lipinski definition) is 1. The van der Waals surface area contributed by atoms with Crippen molar-refractivity contribution in [1.82, 2.24) is 10.2 Å². The molecule has 1 saturated heterocycles. The van der Waals surface area contributed by atoms with Crippen molar-refractivity contribution < 1.29 is 9.59 Å². The van der Waals surface area contributed by atoms with Crippen LogP contribution >= 0.6 is 11.6 Å². The zero-order valence-corrected chi connectivity index (χ0v) is 12.0. The van der Waals surface area contributed by atoms with E-state index < -0.39 is 12.1 Å². The van der Waals surface area contributed by atoms with Gasteiger partial charge in [0.2, 0.25) is 0 Å². The van der Waals surface area contributed by atoms with Crippen LogP contribution in [0.2, 0.25) is 5.02 Å². The standard InChI is InChI=1S/C13H12ClN5O2/c1-16-12(20)17-11-8-18(6-5-15)13(21)19(11)10-4-2-3-9(14)7-10/h2-4,7H,6,8H2,1H3,(H,16,20)/b17-11+. The number of amidine groups is 1. The molecule has 1 aliphatic heterocycles. The van der Waals surface area contributed by atoms with Gasteiger partial charge in [0.1, 0.15) is 12.4 Å². The van der Waals surface area contributed by atoms with Crippen LogP contribution in [0.3, 0.4) is 0 Å². The lowest BCUT2D eigenvalue weighted by Crippen LogP contribution is -2.33. The summed E-state index contributed by atoms with van der Waals surface area (Å²) < 4.78 is 0. The molecule has 0 saturated carbocycles. The van der Waals surface area contributed by atoms with Crippen LogP contribution < -0.4 is 10.2 Å². The van der Waals surface area contributed by atoms with E-state index in [0.29, 0.717) is 10.7 Å². The number of nitrogens with one attached hydrogen (secondary N) is 1. The van der Waals surface area contributed by atoms with E-state index >= 15 is 0 Å². The molecule has 1 heterocycles. The number of rotatable bonds is 2. The average Bonchev–Trinajstić information content (AvgIpc) is 2.75. The molecule has 1 aromatic carbocycles. The lowest BCUT2D eigenvalue weighted by molar-refractivity contribution is 0.225. The Hall–Kier alpha value is -2.59. The minimum Gasteiger partial charge on any atom is -0.339 e. The number of nitriles is 1. The van der Waals surface area contributed by atoms with Crippen LogP contribution in [-0.2, 0) is 0 Å². The highest BCUT2D eigenvalue weighted by atomic mass is 35.5. The SMILES string of the molecule is CNC(=O)/N=C1\CN(CC#N)C(=O)N1c1cccc(Cl)c1. The van der Waals surface area contributed by atoms with Crippen molar-refractivity contribution in [1.29, 1.82) is 5.26 Å². The van der Waals surface area contributed by atoms with Crippen LogP contribution in [0.25, 0.3) is 0 Å². The van der Waals surface area contributed by atoms with E-state index in [1.807, 2.05) is 6.07 Å². The molecule has 0 aromatic heterocycles. The molecule has 2 rings (SSSR count). The van der Waals surface area contributed by atoms with Gasteiger partial charge in [0.25, 0.3) is 0 Å². The third kappa shape index (κ3) is 3.12. The Bertz CT molecular complexity index is 652. The summed E-state index contributed by atoms with van der Waals surface area (Å²) in [6, 6.07) is 7.56. The Kier molecular flexibility index (Phi) is 4.40. The monoisotopic (exact) mass is 305 g/mol. The lowest BCUT2D eigenvalue weighted by Gasteiger charge is -2.16. The predicted molar refractivity (Wildman–Crippen MR) is 78.4 cm³/mol. The van der Waals surface area contributed by atoms with Crippen molar-refractivity contribution in [2.24, 2.45) is 4.99 Å². The highest BCUT2D eigenvalue weighted by molar-refractivity contribution is 6.31. The molecule has 8 heteroatoms. The molecule has 0 spiro atoms. The van der Waals surface area contributed by atoms with Crippen molar-refractivity contribution in [3.8, 4) is 6.07 Å². The molecule has 1 aromatic rings. The van der Waals surface area contributed by atoms with E-state index in [1.165, 1.54) is 16.8 Å². The van der Waals surface area contributed by atoms with E-state index in [2.05, 4.69) is 10.3 Å². The molecule has 0 bridgehead atoms. The Morgan fingerprint density at radius 2 is 2.33 bits per heavy atom. The fourth-order valence-electron chi connectivity index (χ4n) is 1.90. The molecule has 0 unspecified atom stereocenters. The van der Waals surface area contributed by atoms with E-state index in [-0.39, 0.29) is 18.9 Å². The largest absolute Gasteiger partial charge is 0.342 e. The first-order chi connectivity index (χ1) is 10.1. The van der Waals surface area contributed by atoms with Gasteiger partial charge in [0.05, 0.1) is 18.3 Å². The van der Waals surface area contributed by atoms with Gasteiger partial charge in [0, 0.05) is 12.1 Å². The number of anilines is 1. The first kappa shape index (κ1) is 14.8. The molecule has 4 amide bonds. The molecule has 1 fully saturated rings. The van der Waals surface area contributed by atoms with E-state index in [9.17, 15) is 9.59 Å². The summed E-state index contributed by atoms with van der Waals surface area (Å²) in [5, 5.41) is 11.6. The van der Waals surface area contributed by atoms with Crippen molar-refractivity contribution >= 4 is 35.2 Å². The molecule has 7 nitrogen and oxygen atoms in total. The molecule has 0 radical (unpaired) electrons. The maximum Gasteiger partial charge on any atom is 0.342 e. The number of nitrogens with zero attached hydrogens (tertiary/aromatic N) is 4. The second-order valence-corrected chi connectivity index (χ2v) is 4.63. The smallest absolute Gasteiger partial charge is 0.339 e. The highest BCUT2D eigenvalue weighted by Gasteiger charge is 2.35. The number of halogens is 1. The summed E-state index contributed by atoms with van der Waals surface area (Å²) in [4.78, 5) is 30.2. The quantitative estimate of drug-likeness (QED) is 0.845. The minimum absolute atomic E-state index is 0.0807. The van der Waals surface area contributed by atoms with E-state index in [4.69, 9.17) is 16.9 Å². The van der Waals surface area contributed by atoms with Gasteiger partial charge in [-0.2, -0.15) is 10.3 Å². The Morgan fingerprint density at radius 3 is 2.95 bits per heavy atom. The number of urea groups is 2. The first-order valence-electron chi connectivity index (χ1n) is 6.07. The fourth-order valence-corrected chi connectivity index (χ4v) is 2.09. The number of hydrogen-bond acceptors (Lipinski definition) is 3. The summed E-state index contributed by atoms with van der Waals surface area (Å²) in [5.74, 6) is 0.247. The van der Waals surface area contributed by atoms with Gasteiger partial charge in [-0.25, -0.2) is 14.5 Å². The molecule has 1 N–H and O–H groups in total. The topological polar surface area (TPSA) is 88.8 Å². The minimum atomic E-state index is -0.566. The molecular formula is C13H12ClN5O2. The van der Waals surface area contributed by atoms with Gasteiger partial charge < -0.3 is 10.2 Å². The summed E-state index contributed by atoms with van der Waals surface area (Å²) in [7, 11) is 1.44. The lowest BCUT2D eigenvalue weighted by atomic mass is 10.3. The van der Waals surface area contributed by atoms with Gasteiger partial charge in [-0.1, -0.05) is 17.7 Å². The number of carbonyl (C=O) groups is 2. The molecule has 0 atom stereocenters. The van der Waals surface area contributed by atoms with Crippen molar-refractivity contribution in [3.63, 3.8) is 0 Å². The van der Waals surface area contributed by atoms with Gasteiger partial charge in [0.15, 0.2) is 0 Å². The van der Waals surface area contributed by atoms with E-state index in [0.717, 1.165) is 0 Å². The number of benzene rings is 1. The Labute approximate surface area is 126 Å². The number of amides is 4. The first-order valence-corrected chi connectivity index (χ1v) is 6.45. The molecule has 1 aliphatic rings. The van der Waals surface area contributed by atoms with Crippen molar-refractivity contribution in [2.45, 2.75) is 0 Å². The van der Waals surface area contributed by atoms with Crippen LogP contribution in [0.4, 0.5) is 15.3 Å². The van der Waals surface area contributed by atoms with Crippen LogP contribution in [0, 0.1) is 11.3 Å². The normalized spacial score (nSPS) is 16.2.